The fourth-order valence-corrected chi connectivity index (χ4v) is 1.59. The molecule has 1 N–H and O–H groups in total. The van der Waals surface area contributed by atoms with E-state index < -0.39 is 0 Å². The smallest absolute Gasteiger partial charge is 0.161 e. The van der Waals surface area contributed by atoms with E-state index in [9.17, 15) is 4.79 Å². The van der Waals surface area contributed by atoms with Gasteiger partial charge in [0.2, 0.25) is 0 Å². The lowest BCUT2D eigenvalue weighted by molar-refractivity contribution is -0.107. The van der Waals surface area contributed by atoms with Crippen molar-refractivity contribution in [3.05, 3.63) is 23.8 Å². The van der Waals surface area contributed by atoms with Crippen LogP contribution in [0.25, 0.3) is 0 Å². The van der Waals surface area contributed by atoms with Gasteiger partial charge in [0.1, 0.15) is 6.29 Å². The van der Waals surface area contributed by atoms with Crippen LogP contribution in [0.1, 0.15) is 12.0 Å². The van der Waals surface area contributed by atoms with E-state index in [2.05, 4.69) is 5.32 Å². The summed E-state index contributed by atoms with van der Waals surface area (Å²) < 4.78 is 11.1. The summed E-state index contributed by atoms with van der Waals surface area (Å²) in [4.78, 5) is 10.2. The van der Waals surface area contributed by atoms with Crippen LogP contribution in [0.15, 0.2) is 18.2 Å². The Bertz CT molecular complexity index is 365. The van der Waals surface area contributed by atoms with Gasteiger partial charge >= 0.3 is 0 Å². The number of carbonyl (C=O) groups is 1. The second kappa shape index (κ2) is 5.51. The van der Waals surface area contributed by atoms with E-state index in [0.717, 1.165) is 29.8 Å². The van der Waals surface area contributed by atoms with Crippen molar-refractivity contribution in [2.75, 3.05) is 19.8 Å². The van der Waals surface area contributed by atoms with Gasteiger partial charge in [0.25, 0.3) is 0 Å². The van der Waals surface area contributed by atoms with E-state index in [1.165, 1.54) is 0 Å². The lowest BCUT2D eigenvalue weighted by atomic mass is 10.2. The van der Waals surface area contributed by atoms with Crippen molar-refractivity contribution in [2.24, 2.45) is 0 Å². The van der Waals surface area contributed by atoms with Crippen LogP contribution in [0.5, 0.6) is 11.5 Å². The summed E-state index contributed by atoms with van der Waals surface area (Å²) in [5.41, 5.74) is 1.09. The lowest BCUT2D eigenvalue weighted by Crippen LogP contribution is -2.15. The van der Waals surface area contributed by atoms with E-state index >= 15 is 0 Å². The van der Waals surface area contributed by atoms with E-state index in [4.69, 9.17) is 9.47 Å². The van der Waals surface area contributed by atoms with Gasteiger partial charge in [-0.2, -0.15) is 0 Å². The fraction of sp³-hybridized carbons (Fsp3) is 0.417. The van der Waals surface area contributed by atoms with Gasteiger partial charge < -0.3 is 19.6 Å². The number of aldehydes is 1. The normalized spacial score (nSPS) is 14.2. The van der Waals surface area contributed by atoms with Crippen LogP contribution in [0.3, 0.4) is 0 Å². The predicted molar refractivity (Wildman–Crippen MR) is 59.8 cm³/mol. The molecule has 0 fully saturated rings. The highest BCUT2D eigenvalue weighted by atomic mass is 16.5. The summed E-state index contributed by atoms with van der Waals surface area (Å²) in [5.74, 6) is 1.60. The van der Waals surface area contributed by atoms with E-state index in [1.54, 1.807) is 0 Å². The highest BCUT2D eigenvalue weighted by Gasteiger charge is 2.10. The van der Waals surface area contributed by atoms with Crippen LogP contribution >= 0.6 is 0 Å². The molecule has 86 valence electrons. The first-order valence-electron chi connectivity index (χ1n) is 5.43. The average molecular weight is 221 g/mol. The number of ether oxygens (including phenoxy) is 2. The molecule has 16 heavy (non-hydrogen) atoms. The number of fused-ring (bicyclic) bond motifs is 1. The van der Waals surface area contributed by atoms with Crippen LogP contribution in [-0.2, 0) is 11.3 Å². The maximum Gasteiger partial charge on any atom is 0.161 e. The molecule has 1 aliphatic rings. The second-order valence-corrected chi connectivity index (χ2v) is 3.63. The fourth-order valence-electron chi connectivity index (χ4n) is 1.59. The quantitative estimate of drug-likeness (QED) is 0.611. The Morgan fingerprint density at radius 3 is 2.88 bits per heavy atom. The first kappa shape index (κ1) is 11.0. The number of carbonyl (C=O) groups excluding carboxylic acids is 1. The molecule has 4 heteroatoms. The Kier molecular flexibility index (Phi) is 3.77. The zero-order chi connectivity index (χ0) is 11.2. The number of nitrogens with one attached hydrogen (secondary N) is 1. The summed E-state index contributed by atoms with van der Waals surface area (Å²) in [5, 5.41) is 3.01. The molecule has 0 amide bonds. The Morgan fingerprint density at radius 1 is 1.25 bits per heavy atom. The van der Waals surface area contributed by atoms with E-state index in [-0.39, 0.29) is 0 Å². The highest BCUT2D eigenvalue weighted by molar-refractivity contribution is 5.52. The van der Waals surface area contributed by atoms with Crippen molar-refractivity contribution in [1.29, 1.82) is 0 Å². The highest BCUT2D eigenvalue weighted by Crippen LogP contribution is 2.30. The van der Waals surface area contributed by atoms with Crippen molar-refractivity contribution in [2.45, 2.75) is 13.0 Å². The van der Waals surface area contributed by atoms with E-state index in [1.807, 2.05) is 18.2 Å². The molecule has 2 rings (SSSR count). The standard InChI is InChI=1S/C12H15NO3/c14-5-4-13-9-10-2-3-11-12(8-10)16-7-1-6-15-11/h2-3,5,8,13H,1,4,6-7,9H2. The van der Waals surface area contributed by atoms with Crippen molar-refractivity contribution in [3.63, 3.8) is 0 Å². The topological polar surface area (TPSA) is 47.6 Å². The summed E-state index contributed by atoms with van der Waals surface area (Å²) in [6.45, 7) is 2.43. The molecule has 0 aliphatic carbocycles. The molecule has 1 aliphatic heterocycles. The van der Waals surface area contributed by atoms with Gasteiger partial charge in [-0.25, -0.2) is 0 Å². The van der Waals surface area contributed by atoms with Gasteiger partial charge in [0.15, 0.2) is 11.5 Å². The molecule has 1 aromatic carbocycles. The third-order valence-corrected chi connectivity index (χ3v) is 2.37. The van der Waals surface area contributed by atoms with Crippen LogP contribution in [0, 0.1) is 0 Å². The number of hydrogen-bond acceptors (Lipinski definition) is 4. The Balaban J connectivity index is 2.05. The van der Waals surface area contributed by atoms with Crippen LogP contribution in [0.2, 0.25) is 0 Å². The summed E-state index contributed by atoms with van der Waals surface area (Å²) in [6, 6.07) is 5.85. The minimum Gasteiger partial charge on any atom is -0.490 e. The third kappa shape index (κ3) is 2.73. The first-order chi connectivity index (χ1) is 7.90. The predicted octanol–water partition coefficient (Wildman–Crippen LogP) is 1.14. The third-order valence-electron chi connectivity index (χ3n) is 2.37. The molecule has 0 aromatic heterocycles. The molecule has 0 saturated carbocycles. The van der Waals surface area contributed by atoms with Gasteiger partial charge in [-0.05, 0) is 17.7 Å². The molecular weight excluding hydrogens is 206 g/mol. The second-order valence-electron chi connectivity index (χ2n) is 3.63. The summed E-state index contributed by atoms with van der Waals surface area (Å²) in [6.07, 6.45) is 1.76. The van der Waals surface area contributed by atoms with Crippen LogP contribution in [0.4, 0.5) is 0 Å². The molecule has 1 heterocycles. The number of rotatable bonds is 4. The molecule has 4 nitrogen and oxygen atoms in total. The van der Waals surface area contributed by atoms with Crippen molar-refractivity contribution in [1.82, 2.24) is 5.32 Å². The van der Waals surface area contributed by atoms with Gasteiger partial charge in [-0.15, -0.1) is 0 Å². The Hall–Kier alpha value is -1.55. The maximum absolute atomic E-state index is 10.2. The summed E-state index contributed by atoms with van der Waals surface area (Å²) >= 11 is 0. The first-order valence-corrected chi connectivity index (χ1v) is 5.43. The zero-order valence-electron chi connectivity index (χ0n) is 9.07. The zero-order valence-corrected chi connectivity index (χ0v) is 9.07. The minimum absolute atomic E-state index is 0.369. The van der Waals surface area contributed by atoms with Gasteiger partial charge in [-0.3, -0.25) is 0 Å². The van der Waals surface area contributed by atoms with Crippen molar-refractivity contribution < 1.29 is 14.3 Å². The summed E-state index contributed by atoms with van der Waals surface area (Å²) in [7, 11) is 0. The average Bonchev–Trinajstić information content (AvgIpc) is 2.54. The SMILES string of the molecule is O=CCNCc1ccc2c(c1)OCCCO2. The van der Waals surface area contributed by atoms with Crippen LogP contribution < -0.4 is 14.8 Å². The Labute approximate surface area is 94.6 Å². The minimum atomic E-state index is 0.369. The molecule has 0 radical (unpaired) electrons. The number of benzene rings is 1. The largest absolute Gasteiger partial charge is 0.490 e. The van der Waals surface area contributed by atoms with Gasteiger partial charge in [-0.1, -0.05) is 6.07 Å². The van der Waals surface area contributed by atoms with Crippen molar-refractivity contribution >= 4 is 6.29 Å². The molecule has 0 bridgehead atoms. The van der Waals surface area contributed by atoms with Crippen molar-refractivity contribution in [3.8, 4) is 11.5 Å². The van der Waals surface area contributed by atoms with Gasteiger partial charge in [0.05, 0.1) is 19.8 Å². The molecule has 0 spiro atoms. The number of hydrogen-bond donors (Lipinski definition) is 1. The molecule has 0 saturated heterocycles. The molecule has 1 aromatic rings. The maximum atomic E-state index is 10.2. The Morgan fingerprint density at radius 2 is 2.06 bits per heavy atom. The lowest BCUT2D eigenvalue weighted by Gasteiger charge is -2.09. The van der Waals surface area contributed by atoms with Gasteiger partial charge in [0, 0.05) is 13.0 Å². The molecule has 0 atom stereocenters. The van der Waals surface area contributed by atoms with Crippen LogP contribution in [-0.4, -0.2) is 26.0 Å². The molecular formula is C12H15NO3. The monoisotopic (exact) mass is 221 g/mol. The molecule has 0 unspecified atom stereocenters. The van der Waals surface area contributed by atoms with E-state index in [0.29, 0.717) is 26.3 Å².